The topological polar surface area (TPSA) is 43.6 Å². The number of rotatable bonds is 7. The molecule has 0 aliphatic carbocycles. The minimum atomic E-state index is 0.562. The van der Waals surface area contributed by atoms with Gasteiger partial charge in [-0.05, 0) is 68.8 Å². The first-order valence-electron chi connectivity index (χ1n) is 18.5. The zero-order valence-electron chi connectivity index (χ0n) is 29.9. The van der Waals surface area contributed by atoms with Crippen molar-refractivity contribution in [1.82, 2.24) is 19.5 Å². The molecule has 4 heteroatoms. The Bertz CT molecular complexity index is 2950. The van der Waals surface area contributed by atoms with Gasteiger partial charge in [0.1, 0.15) is 0 Å². The molecule has 0 amide bonds. The van der Waals surface area contributed by atoms with E-state index in [1.165, 1.54) is 11.1 Å². The summed E-state index contributed by atoms with van der Waals surface area (Å²) in [6.07, 6.45) is 0. The molecule has 8 aromatic carbocycles. The van der Waals surface area contributed by atoms with Crippen molar-refractivity contribution in [2.45, 2.75) is 0 Å². The number of nitrogens with zero attached hydrogens (tertiary/aromatic N) is 4. The number of hydrogen-bond acceptors (Lipinski definition) is 3. The SMILES string of the molecule is c1ccc(-c2cccc(-c3cc(-c4ccccc4)c4c5ccccc5n(-c5nc(-c6ccccc6)nc(-c6ccccc6-c6ccccc6)n5)c4c3)c2)cc1. The smallest absolute Gasteiger partial charge is 0.238 e. The minimum absolute atomic E-state index is 0.562. The van der Waals surface area contributed by atoms with Crippen molar-refractivity contribution in [3.05, 3.63) is 206 Å². The third kappa shape index (κ3) is 5.96. The lowest BCUT2D eigenvalue weighted by Gasteiger charge is -2.14. The normalized spacial score (nSPS) is 11.3. The lowest BCUT2D eigenvalue weighted by molar-refractivity contribution is 0.954. The van der Waals surface area contributed by atoms with Gasteiger partial charge >= 0.3 is 0 Å². The molecule has 0 atom stereocenters. The second kappa shape index (κ2) is 13.8. The molecule has 10 rings (SSSR count). The molecule has 2 aromatic heterocycles. The summed E-state index contributed by atoms with van der Waals surface area (Å²) in [5.41, 5.74) is 13.0. The third-order valence-corrected chi connectivity index (χ3v) is 10.3. The van der Waals surface area contributed by atoms with E-state index in [1.807, 2.05) is 24.3 Å². The molecule has 2 heterocycles. The van der Waals surface area contributed by atoms with Gasteiger partial charge in [0, 0.05) is 21.9 Å². The van der Waals surface area contributed by atoms with Gasteiger partial charge in [-0.3, -0.25) is 4.57 Å². The first-order chi connectivity index (χ1) is 27.3. The van der Waals surface area contributed by atoms with Gasteiger partial charge in [-0.1, -0.05) is 182 Å². The molecule has 0 fully saturated rings. The fourth-order valence-electron chi connectivity index (χ4n) is 7.68. The van der Waals surface area contributed by atoms with Gasteiger partial charge in [0.2, 0.25) is 5.95 Å². The number of aromatic nitrogens is 4. The molecule has 0 saturated carbocycles. The molecule has 10 aromatic rings. The Morgan fingerprint density at radius 1 is 0.291 bits per heavy atom. The van der Waals surface area contributed by atoms with E-state index in [-0.39, 0.29) is 0 Å². The van der Waals surface area contributed by atoms with Gasteiger partial charge in [0.05, 0.1) is 11.0 Å². The van der Waals surface area contributed by atoms with Crippen molar-refractivity contribution in [3.8, 4) is 73.2 Å². The summed E-state index contributed by atoms with van der Waals surface area (Å²) in [6, 6.07) is 72.2. The van der Waals surface area contributed by atoms with E-state index in [9.17, 15) is 0 Å². The van der Waals surface area contributed by atoms with Crippen molar-refractivity contribution in [1.29, 1.82) is 0 Å². The Labute approximate surface area is 319 Å². The molecule has 0 aliphatic heterocycles. The second-order valence-electron chi connectivity index (χ2n) is 13.6. The van der Waals surface area contributed by atoms with Gasteiger partial charge in [-0.25, -0.2) is 4.98 Å². The summed E-state index contributed by atoms with van der Waals surface area (Å²) in [4.78, 5) is 15.8. The van der Waals surface area contributed by atoms with Crippen LogP contribution in [0.2, 0.25) is 0 Å². The quantitative estimate of drug-likeness (QED) is 0.166. The maximum Gasteiger partial charge on any atom is 0.238 e. The van der Waals surface area contributed by atoms with E-state index in [0.717, 1.165) is 66.3 Å². The number of hydrogen-bond donors (Lipinski definition) is 0. The molecule has 0 bridgehead atoms. The van der Waals surface area contributed by atoms with Gasteiger partial charge in [0.25, 0.3) is 0 Å². The summed E-state index contributed by atoms with van der Waals surface area (Å²) in [5.74, 6) is 1.79. The van der Waals surface area contributed by atoms with E-state index in [1.54, 1.807) is 0 Å². The summed E-state index contributed by atoms with van der Waals surface area (Å²) in [6.45, 7) is 0. The summed E-state index contributed by atoms with van der Waals surface area (Å²) in [7, 11) is 0. The fourth-order valence-corrected chi connectivity index (χ4v) is 7.68. The molecule has 0 unspecified atom stereocenters. The highest BCUT2D eigenvalue weighted by atomic mass is 15.2. The molecular formula is C51H34N4. The molecule has 0 spiro atoms. The first-order valence-corrected chi connectivity index (χ1v) is 18.5. The largest absolute Gasteiger partial charge is 0.278 e. The molecule has 0 saturated heterocycles. The van der Waals surface area contributed by atoms with Crippen LogP contribution in [0.15, 0.2) is 206 Å². The van der Waals surface area contributed by atoms with Crippen LogP contribution in [0.4, 0.5) is 0 Å². The zero-order valence-corrected chi connectivity index (χ0v) is 29.9. The third-order valence-electron chi connectivity index (χ3n) is 10.3. The van der Waals surface area contributed by atoms with Crippen LogP contribution in [0, 0.1) is 0 Å². The summed E-state index contributed by atoms with van der Waals surface area (Å²) in [5, 5.41) is 2.28. The molecule has 0 aliphatic rings. The van der Waals surface area contributed by atoms with Gasteiger partial charge in [0.15, 0.2) is 11.6 Å². The predicted octanol–water partition coefficient (Wildman–Crippen LogP) is 13.0. The van der Waals surface area contributed by atoms with E-state index in [0.29, 0.717) is 17.6 Å². The Morgan fingerprint density at radius 3 is 1.49 bits per heavy atom. The van der Waals surface area contributed by atoms with E-state index >= 15 is 0 Å². The highest BCUT2D eigenvalue weighted by molar-refractivity contribution is 6.16. The van der Waals surface area contributed by atoms with Crippen molar-refractivity contribution in [2.75, 3.05) is 0 Å². The lowest BCUT2D eigenvalue weighted by atomic mass is 9.93. The van der Waals surface area contributed by atoms with Crippen LogP contribution >= 0.6 is 0 Å². The standard InChI is InChI=1S/C51H34N4/c1-5-18-35(19-6-1)39-26-17-27-40(32-39)41-33-45(37-22-9-3-10-23-37)48-44-30-15-16-31-46(44)55(47(48)34-41)51-53-49(38-24-11-4-12-25-38)52-50(54-51)43-29-14-13-28-42(43)36-20-7-2-8-21-36/h1-34H. The lowest BCUT2D eigenvalue weighted by Crippen LogP contribution is -2.07. The van der Waals surface area contributed by atoms with Crippen molar-refractivity contribution < 1.29 is 0 Å². The van der Waals surface area contributed by atoms with Crippen molar-refractivity contribution in [2.24, 2.45) is 0 Å². The van der Waals surface area contributed by atoms with E-state index in [2.05, 4.69) is 187 Å². The van der Waals surface area contributed by atoms with Crippen LogP contribution in [-0.4, -0.2) is 19.5 Å². The highest BCUT2D eigenvalue weighted by Gasteiger charge is 2.22. The molecule has 0 N–H and O–H groups in total. The Balaban J connectivity index is 1.28. The highest BCUT2D eigenvalue weighted by Crippen LogP contribution is 2.42. The Morgan fingerprint density at radius 2 is 0.800 bits per heavy atom. The Hall–Kier alpha value is -7.43. The van der Waals surface area contributed by atoms with Crippen LogP contribution in [-0.2, 0) is 0 Å². The number of para-hydroxylation sites is 1. The maximum atomic E-state index is 5.36. The monoisotopic (exact) mass is 702 g/mol. The van der Waals surface area contributed by atoms with Crippen LogP contribution in [0.25, 0.3) is 95.0 Å². The number of benzene rings is 8. The van der Waals surface area contributed by atoms with Crippen LogP contribution in [0.1, 0.15) is 0 Å². The first kappa shape index (κ1) is 32.2. The molecule has 4 nitrogen and oxygen atoms in total. The van der Waals surface area contributed by atoms with Crippen LogP contribution in [0.5, 0.6) is 0 Å². The van der Waals surface area contributed by atoms with E-state index in [4.69, 9.17) is 15.0 Å². The zero-order chi connectivity index (χ0) is 36.6. The predicted molar refractivity (Wildman–Crippen MR) is 227 cm³/mol. The van der Waals surface area contributed by atoms with Crippen LogP contribution in [0.3, 0.4) is 0 Å². The average Bonchev–Trinajstić information content (AvgIpc) is 3.61. The molecule has 0 radical (unpaired) electrons. The minimum Gasteiger partial charge on any atom is -0.278 e. The molecule has 258 valence electrons. The fraction of sp³-hybridized carbons (Fsp3) is 0. The average molecular weight is 703 g/mol. The van der Waals surface area contributed by atoms with Gasteiger partial charge in [-0.15, -0.1) is 0 Å². The summed E-state index contributed by atoms with van der Waals surface area (Å²) < 4.78 is 2.23. The van der Waals surface area contributed by atoms with Crippen molar-refractivity contribution >= 4 is 21.8 Å². The van der Waals surface area contributed by atoms with Gasteiger partial charge in [-0.2, -0.15) is 9.97 Å². The maximum absolute atomic E-state index is 5.36. The number of fused-ring (bicyclic) bond motifs is 3. The van der Waals surface area contributed by atoms with E-state index < -0.39 is 0 Å². The van der Waals surface area contributed by atoms with Crippen LogP contribution < -0.4 is 0 Å². The molecular weight excluding hydrogens is 669 g/mol. The Kier molecular flexibility index (Phi) is 8.12. The summed E-state index contributed by atoms with van der Waals surface area (Å²) >= 11 is 0. The molecule has 55 heavy (non-hydrogen) atoms. The van der Waals surface area contributed by atoms with Crippen molar-refractivity contribution in [3.63, 3.8) is 0 Å². The second-order valence-corrected chi connectivity index (χ2v) is 13.6. The van der Waals surface area contributed by atoms with Gasteiger partial charge < -0.3 is 0 Å².